The molecule has 0 fully saturated rings. The molecule has 0 aliphatic heterocycles. The number of carbonyl (C=O) groups excluding carboxylic acids is 1. The molecule has 0 aliphatic rings. The zero-order chi connectivity index (χ0) is 5.70. The lowest BCUT2D eigenvalue weighted by atomic mass is 10.9. The van der Waals surface area contributed by atoms with Crippen molar-refractivity contribution in [1.29, 1.82) is 0 Å². The molecule has 0 saturated heterocycles. The Morgan fingerprint density at radius 2 is 2.43 bits per heavy atom. The van der Waals surface area contributed by atoms with Crippen LogP contribution in [0.2, 0.25) is 0 Å². The predicted octanol–water partition coefficient (Wildman–Crippen LogP) is -0.492. The molecule has 2 N–H and O–H groups in total. The molecular weight excluding hydrogens is 96.0 g/mol. The number of rotatable bonds is 2. The van der Waals surface area contributed by atoms with Crippen molar-refractivity contribution < 1.29 is 9.53 Å². The van der Waals surface area contributed by atoms with Crippen LogP contribution in [0.15, 0.2) is 0 Å². The van der Waals surface area contributed by atoms with Crippen LogP contribution in [-0.2, 0) is 9.53 Å². The van der Waals surface area contributed by atoms with Crippen molar-refractivity contribution in [3.05, 3.63) is 0 Å². The number of hydrogen-bond acceptors (Lipinski definition) is 3. The fraction of sp³-hybridized carbons (Fsp3) is 0.750. The Morgan fingerprint density at radius 3 is 2.57 bits per heavy atom. The van der Waals surface area contributed by atoms with Gasteiger partial charge in [-0.1, -0.05) is 0 Å². The van der Waals surface area contributed by atoms with Gasteiger partial charge in [-0.25, -0.2) is 0 Å². The summed E-state index contributed by atoms with van der Waals surface area (Å²) in [4.78, 5) is 10.1. The van der Waals surface area contributed by atoms with E-state index in [1.165, 1.54) is 0 Å². The van der Waals surface area contributed by atoms with Crippen LogP contribution in [0, 0.1) is 0 Å². The lowest BCUT2D eigenvalue weighted by Crippen LogP contribution is -2.16. The summed E-state index contributed by atoms with van der Waals surface area (Å²) in [6, 6.07) is 0. The Morgan fingerprint density at radius 1 is 1.86 bits per heavy atom. The van der Waals surface area contributed by atoms with Gasteiger partial charge in [0.15, 0.2) is 0 Å². The second-order valence-electron chi connectivity index (χ2n) is 1.01. The summed E-state index contributed by atoms with van der Waals surface area (Å²) in [5.74, 6) is -0.345. The molecule has 0 unspecified atom stereocenters. The molecule has 7 heavy (non-hydrogen) atoms. The van der Waals surface area contributed by atoms with Crippen molar-refractivity contribution in [3.63, 3.8) is 0 Å². The number of carbonyl (C=O) groups is 1. The molecule has 0 aliphatic carbocycles. The minimum Gasteiger partial charge on any atom is -0.465 e. The summed E-state index contributed by atoms with van der Waals surface area (Å²) in [6.45, 7) is 2.14. The normalized spacial score (nSPS) is 8.29. The Labute approximate surface area is 42.4 Å². The van der Waals surface area contributed by atoms with Gasteiger partial charge in [0.1, 0.15) is 0 Å². The summed E-state index contributed by atoms with van der Waals surface area (Å²) in [5, 5.41) is 0. The predicted molar refractivity (Wildman–Crippen MR) is 25.7 cm³/mol. The highest BCUT2D eigenvalue weighted by Gasteiger charge is 1.91. The van der Waals surface area contributed by atoms with Crippen molar-refractivity contribution in [1.82, 2.24) is 0 Å². The van der Waals surface area contributed by atoms with Crippen LogP contribution in [0.25, 0.3) is 0 Å². The number of nitrogens with two attached hydrogens (primary N) is 1. The molecule has 0 rings (SSSR count). The summed E-state index contributed by atoms with van der Waals surface area (Å²) in [6.07, 6.45) is 0. The molecule has 3 nitrogen and oxygen atoms in total. The maximum atomic E-state index is 10.1. The van der Waals surface area contributed by atoms with E-state index in [1.807, 2.05) is 0 Å². The van der Waals surface area contributed by atoms with E-state index in [1.54, 1.807) is 6.92 Å². The van der Waals surface area contributed by atoms with E-state index >= 15 is 0 Å². The molecule has 0 aromatic rings. The first kappa shape index (κ1) is 6.43. The summed E-state index contributed by atoms with van der Waals surface area (Å²) < 4.78 is 4.43. The van der Waals surface area contributed by atoms with Crippen molar-refractivity contribution in [2.75, 3.05) is 13.2 Å². The second-order valence-corrected chi connectivity index (χ2v) is 1.01. The van der Waals surface area contributed by atoms with Crippen LogP contribution in [0.1, 0.15) is 6.92 Å². The lowest BCUT2D eigenvalue weighted by Gasteiger charge is -1.93. The molecule has 0 saturated carbocycles. The Bertz CT molecular complexity index is 62.7. The first-order valence-electron chi connectivity index (χ1n) is 2.17. The highest BCUT2D eigenvalue weighted by atomic mass is 16.8. The average Bonchev–Trinajstić information content (AvgIpc) is 1.68. The van der Waals surface area contributed by atoms with Gasteiger partial charge in [-0.15, -0.1) is 0 Å². The zero-order valence-corrected chi connectivity index (χ0v) is 4.31. The Hall–Kier alpha value is -0.570. The van der Waals surface area contributed by atoms with Crippen LogP contribution in [0.3, 0.4) is 0 Å². The molecule has 0 heterocycles. The SMILES string of the molecule is CCO[14C](=O)CN. The van der Waals surface area contributed by atoms with Crippen molar-refractivity contribution >= 4 is 5.97 Å². The van der Waals surface area contributed by atoms with Crippen molar-refractivity contribution in [2.24, 2.45) is 5.73 Å². The van der Waals surface area contributed by atoms with Gasteiger partial charge in [-0.2, -0.15) is 0 Å². The molecule has 3 heteroatoms. The van der Waals surface area contributed by atoms with E-state index in [-0.39, 0.29) is 12.5 Å². The first-order chi connectivity index (χ1) is 3.31. The van der Waals surface area contributed by atoms with Gasteiger partial charge >= 0.3 is 5.97 Å². The topological polar surface area (TPSA) is 52.3 Å². The summed E-state index contributed by atoms with van der Waals surface area (Å²) in [7, 11) is 0. The van der Waals surface area contributed by atoms with Crippen LogP contribution in [0.5, 0.6) is 0 Å². The zero-order valence-electron chi connectivity index (χ0n) is 4.31. The van der Waals surface area contributed by atoms with Gasteiger partial charge in [-0.3, -0.25) is 4.79 Å². The van der Waals surface area contributed by atoms with E-state index in [4.69, 9.17) is 5.73 Å². The molecule has 0 radical (unpaired) electrons. The minimum absolute atomic E-state index is 0.0200. The summed E-state index contributed by atoms with van der Waals surface area (Å²) in [5.41, 5.74) is 4.88. The van der Waals surface area contributed by atoms with E-state index in [0.29, 0.717) is 6.61 Å². The lowest BCUT2D eigenvalue weighted by molar-refractivity contribution is -0.141. The molecule has 0 aromatic carbocycles. The van der Waals surface area contributed by atoms with E-state index < -0.39 is 0 Å². The second kappa shape index (κ2) is 3.61. The third-order valence-electron chi connectivity index (χ3n) is 0.472. The maximum Gasteiger partial charge on any atom is 0.319 e. The smallest absolute Gasteiger partial charge is 0.319 e. The third kappa shape index (κ3) is 3.26. The van der Waals surface area contributed by atoms with Crippen LogP contribution < -0.4 is 5.73 Å². The van der Waals surface area contributed by atoms with Gasteiger partial charge in [0, 0.05) is 0 Å². The number of esters is 1. The van der Waals surface area contributed by atoms with Gasteiger partial charge in [-0.05, 0) is 6.92 Å². The fourth-order valence-corrected chi connectivity index (χ4v) is 0.220. The number of ether oxygens (including phenoxy) is 1. The molecule has 0 atom stereocenters. The molecule has 42 valence electrons. The highest BCUT2D eigenvalue weighted by molar-refractivity contribution is 5.71. The van der Waals surface area contributed by atoms with Gasteiger partial charge < -0.3 is 10.5 Å². The summed E-state index contributed by atoms with van der Waals surface area (Å²) >= 11 is 0. The van der Waals surface area contributed by atoms with Crippen molar-refractivity contribution in [3.8, 4) is 0 Å². The largest absolute Gasteiger partial charge is 0.465 e. The highest BCUT2D eigenvalue weighted by Crippen LogP contribution is 1.69. The van der Waals surface area contributed by atoms with Crippen LogP contribution >= 0.6 is 0 Å². The van der Waals surface area contributed by atoms with E-state index in [9.17, 15) is 4.79 Å². The Balaban J connectivity index is 3.00. The van der Waals surface area contributed by atoms with E-state index in [2.05, 4.69) is 4.74 Å². The van der Waals surface area contributed by atoms with Gasteiger partial charge in [0.2, 0.25) is 0 Å². The van der Waals surface area contributed by atoms with Crippen LogP contribution in [-0.4, -0.2) is 19.1 Å². The Kier molecular flexibility index (Phi) is 3.32. The van der Waals surface area contributed by atoms with E-state index in [0.717, 1.165) is 0 Å². The molecule has 0 bridgehead atoms. The number of hydrogen-bond donors (Lipinski definition) is 1. The average molecular weight is 105 g/mol. The fourth-order valence-electron chi connectivity index (χ4n) is 0.220. The maximum absolute atomic E-state index is 10.1. The molecule has 0 spiro atoms. The minimum atomic E-state index is -0.345. The van der Waals surface area contributed by atoms with Gasteiger partial charge in [0.25, 0.3) is 0 Å². The molecule has 0 amide bonds. The standard InChI is InChI=1S/C4H9NO2/c1-2-7-4(6)3-5/h2-3,5H2,1H3/i4+2. The van der Waals surface area contributed by atoms with Crippen LogP contribution in [0.4, 0.5) is 0 Å². The quantitative estimate of drug-likeness (QED) is 0.482. The molecule has 0 aromatic heterocycles. The third-order valence-corrected chi connectivity index (χ3v) is 0.472. The monoisotopic (exact) mass is 105 g/mol. The van der Waals surface area contributed by atoms with Crippen molar-refractivity contribution in [2.45, 2.75) is 6.92 Å². The van der Waals surface area contributed by atoms with Gasteiger partial charge in [0.05, 0.1) is 13.2 Å². The molecular formula is C4H9NO2. The first-order valence-corrected chi connectivity index (χ1v) is 2.17.